The summed E-state index contributed by atoms with van der Waals surface area (Å²) in [7, 11) is 0. The molecule has 1 aromatic carbocycles. The van der Waals surface area contributed by atoms with Crippen LogP contribution >= 0.6 is 0 Å². The van der Waals surface area contributed by atoms with Crippen LogP contribution in [0.25, 0.3) is 0 Å². The van der Waals surface area contributed by atoms with E-state index >= 15 is 0 Å². The molecule has 1 aromatic rings. The minimum Gasteiger partial charge on any atom is -0.316 e. The van der Waals surface area contributed by atoms with Crippen LogP contribution in [0.4, 0.5) is 13.2 Å². The molecule has 0 spiro atoms. The summed E-state index contributed by atoms with van der Waals surface area (Å²) in [4.78, 5) is 0. The molecule has 0 radical (unpaired) electrons. The summed E-state index contributed by atoms with van der Waals surface area (Å²) in [6.07, 6.45) is 1.97. The van der Waals surface area contributed by atoms with Crippen molar-refractivity contribution in [2.24, 2.45) is 5.41 Å². The van der Waals surface area contributed by atoms with Gasteiger partial charge in [0.05, 0.1) is 0 Å². The first-order valence-electron chi connectivity index (χ1n) is 6.70. The molecule has 1 N–H and O–H groups in total. The molecule has 1 rings (SSSR count). The SMILES string of the molecule is CCCNCC(C)(C)CCc1c(F)cc(F)cc1F. The predicted octanol–water partition coefficient (Wildman–Crippen LogP) is 4.06. The van der Waals surface area contributed by atoms with Gasteiger partial charge in [-0.2, -0.15) is 0 Å². The average molecular weight is 273 g/mol. The van der Waals surface area contributed by atoms with Crippen molar-refractivity contribution in [2.45, 2.75) is 40.0 Å². The second kappa shape index (κ2) is 6.94. The summed E-state index contributed by atoms with van der Waals surface area (Å²) in [5.41, 5.74) is -0.0763. The van der Waals surface area contributed by atoms with Crippen molar-refractivity contribution in [1.29, 1.82) is 0 Å². The fourth-order valence-corrected chi connectivity index (χ4v) is 1.97. The maximum absolute atomic E-state index is 13.5. The standard InChI is InChI=1S/C15H22F3N/c1-4-7-19-10-15(2,3)6-5-12-13(17)8-11(16)9-14(12)18/h8-9,19H,4-7,10H2,1-3H3. The van der Waals surface area contributed by atoms with Crippen molar-refractivity contribution in [1.82, 2.24) is 5.32 Å². The maximum atomic E-state index is 13.5. The van der Waals surface area contributed by atoms with Gasteiger partial charge in [-0.1, -0.05) is 20.8 Å². The van der Waals surface area contributed by atoms with E-state index in [1.54, 1.807) is 0 Å². The highest BCUT2D eigenvalue weighted by molar-refractivity contribution is 5.21. The smallest absolute Gasteiger partial charge is 0.132 e. The zero-order valence-corrected chi connectivity index (χ0v) is 11.8. The second-order valence-corrected chi connectivity index (χ2v) is 5.69. The lowest BCUT2D eigenvalue weighted by atomic mass is 9.86. The molecule has 0 atom stereocenters. The summed E-state index contributed by atoms with van der Waals surface area (Å²) in [5.74, 6) is -2.47. The zero-order chi connectivity index (χ0) is 14.5. The highest BCUT2D eigenvalue weighted by Crippen LogP contribution is 2.24. The van der Waals surface area contributed by atoms with Gasteiger partial charge >= 0.3 is 0 Å². The molecular formula is C15H22F3N. The van der Waals surface area contributed by atoms with Crippen LogP contribution in [-0.2, 0) is 6.42 Å². The van der Waals surface area contributed by atoms with Gasteiger partial charge in [0.2, 0.25) is 0 Å². The van der Waals surface area contributed by atoms with Crippen molar-refractivity contribution < 1.29 is 13.2 Å². The highest BCUT2D eigenvalue weighted by atomic mass is 19.1. The Morgan fingerprint density at radius 2 is 1.68 bits per heavy atom. The van der Waals surface area contributed by atoms with E-state index in [1.165, 1.54) is 0 Å². The van der Waals surface area contributed by atoms with Gasteiger partial charge in [-0.25, -0.2) is 13.2 Å². The van der Waals surface area contributed by atoms with Gasteiger partial charge in [0.25, 0.3) is 0 Å². The van der Waals surface area contributed by atoms with E-state index in [4.69, 9.17) is 0 Å². The minimum atomic E-state index is -0.873. The van der Waals surface area contributed by atoms with E-state index in [9.17, 15) is 13.2 Å². The summed E-state index contributed by atoms with van der Waals surface area (Å²) < 4.78 is 39.8. The third-order valence-corrected chi connectivity index (χ3v) is 3.19. The molecule has 0 amide bonds. The topological polar surface area (TPSA) is 12.0 Å². The molecule has 0 aliphatic heterocycles. The fourth-order valence-electron chi connectivity index (χ4n) is 1.97. The first-order valence-corrected chi connectivity index (χ1v) is 6.70. The first kappa shape index (κ1) is 16.0. The largest absolute Gasteiger partial charge is 0.316 e. The number of halogens is 3. The second-order valence-electron chi connectivity index (χ2n) is 5.69. The monoisotopic (exact) mass is 273 g/mol. The molecule has 19 heavy (non-hydrogen) atoms. The van der Waals surface area contributed by atoms with Gasteiger partial charge in [0, 0.05) is 24.2 Å². The lowest BCUT2D eigenvalue weighted by Crippen LogP contribution is -2.30. The van der Waals surface area contributed by atoms with Gasteiger partial charge in [0.15, 0.2) is 0 Å². The van der Waals surface area contributed by atoms with Crippen molar-refractivity contribution in [3.05, 3.63) is 35.1 Å². The molecule has 0 saturated carbocycles. The van der Waals surface area contributed by atoms with Gasteiger partial charge in [-0.15, -0.1) is 0 Å². The van der Waals surface area contributed by atoms with E-state index < -0.39 is 17.5 Å². The molecule has 0 bridgehead atoms. The highest BCUT2D eigenvalue weighted by Gasteiger charge is 2.20. The summed E-state index contributed by atoms with van der Waals surface area (Å²) in [5, 5.41) is 3.30. The number of benzene rings is 1. The molecule has 0 fully saturated rings. The third kappa shape index (κ3) is 5.23. The summed E-state index contributed by atoms with van der Waals surface area (Å²) in [6, 6.07) is 1.47. The Kier molecular flexibility index (Phi) is 5.85. The molecule has 0 aromatic heterocycles. The van der Waals surface area contributed by atoms with Crippen LogP contribution in [0.3, 0.4) is 0 Å². The van der Waals surface area contributed by atoms with E-state index in [2.05, 4.69) is 26.1 Å². The lowest BCUT2D eigenvalue weighted by Gasteiger charge is -2.25. The first-order chi connectivity index (χ1) is 8.85. The zero-order valence-electron chi connectivity index (χ0n) is 11.8. The van der Waals surface area contributed by atoms with E-state index in [1.807, 2.05) is 0 Å². The Balaban J connectivity index is 2.61. The van der Waals surface area contributed by atoms with Crippen molar-refractivity contribution in [2.75, 3.05) is 13.1 Å². The van der Waals surface area contributed by atoms with Gasteiger partial charge in [0.1, 0.15) is 17.5 Å². The fraction of sp³-hybridized carbons (Fsp3) is 0.600. The quantitative estimate of drug-likeness (QED) is 0.739. The number of nitrogens with one attached hydrogen (secondary N) is 1. The molecule has 108 valence electrons. The minimum absolute atomic E-state index is 0.0232. The molecule has 1 nitrogen and oxygen atoms in total. The Morgan fingerprint density at radius 3 is 2.21 bits per heavy atom. The summed E-state index contributed by atoms with van der Waals surface area (Å²) >= 11 is 0. The van der Waals surface area contributed by atoms with E-state index in [0.717, 1.165) is 31.6 Å². The molecule has 0 heterocycles. The maximum Gasteiger partial charge on any atom is 0.132 e. The van der Waals surface area contributed by atoms with Crippen LogP contribution in [0.5, 0.6) is 0 Å². The van der Waals surface area contributed by atoms with Gasteiger partial charge < -0.3 is 5.32 Å². The van der Waals surface area contributed by atoms with E-state index in [-0.39, 0.29) is 17.4 Å². The predicted molar refractivity (Wildman–Crippen MR) is 71.6 cm³/mol. The average Bonchev–Trinajstić information content (AvgIpc) is 2.27. The van der Waals surface area contributed by atoms with Crippen LogP contribution in [-0.4, -0.2) is 13.1 Å². The molecule has 0 unspecified atom stereocenters. The Labute approximate surface area is 113 Å². The normalized spacial score (nSPS) is 11.9. The molecular weight excluding hydrogens is 251 g/mol. The number of hydrogen-bond donors (Lipinski definition) is 1. The molecule has 0 saturated heterocycles. The Morgan fingerprint density at radius 1 is 1.11 bits per heavy atom. The van der Waals surface area contributed by atoms with Crippen LogP contribution < -0.4 is 5.32 Å². The Hall–Kier alpha value is -1.03. The third-order valence-electron chi connectivity index (χ3n) is 3.19. The number of rotatable bonds is 7. The lowest BCUT2D eigenvalue weighted by molar-refractivity contribution is 0.312. The van der Waals surface area contributed by atoms with Crippen molar-refractivity contribution in [3.8, 4) is 0 Å². The van der Waals surface area contributed by atoms with Crippen molar-refractivity contribution >= 4 is 0 Å². The molecule has 0 aliphatic carbocycles. The molecule has 0 aliphatic rings. The van der Waals surface area contributed by atoms with Crippen LogP contribution in [0.2, 0.25) is 0 Å². The van der Waals surface area contributed by atoms with Crippen molar-refractivity contribution in [3.63, 3.8) is 0 Å². The van der Waals surface area contributed by atoms with E-state index in [0.29, 0.717) is 6.42 Å². The number of hydrogen-bond acceptors (Lipinski definition) is 1. The van der Waals surface area contributed by atoms with Crippen LogP contribution in [0, 0.1) is 22.9 Å². The summed E-state index contributed by atoms with van der Waals surface area (Å²) in [6.45, 7) is 7.92. The van der Waals surface area contributed by atoms with Crippen LogP contribution in [0.1, 0.15) is 39.2 Å². The van der Waals surface area contributed by atoms with Crippen LogP contribution in [0.15, 0.2) is 12.1 Å². The van der Waals surface area contributed by atoms with Gasteiger partial charge in [-0.05, 0) is 31.2 Å². The van der Waals surface area contributed by atoms with Gasteiger partial charge in [-0.3, -0.25) is 0 Å². The molecule has 4 heteroatoms. The Bertz CT molecular complexity index is 393.